The van der Waals surface area contributed by atoms with Crippen molar-refractivity contribution in [1.82, 2.24) is 4.72 Å². The van der Waals surface area contributed by atoms with Gasteiger partial charge >= 0.3 is 11.9 Å². The molecule has 0 spiro atoms. The number of ether oxygens (including phenoxy) is 2. The Morgan fingerprint density at radius 3 is 1.84 bits per heavy atom. The molecule has 0 saturated heterocycles. The SMILES string of the molecule is COC(=O)c1cc(C(=O)OC)cc(S(=O)(=O)N[C@@H](C)CCC(C)C)c1. The summed E-state index contributed by atoms with van der Waals surface area (Å²) in [4.78, 5) is 23.3. The Hall–Kier alpha value is -1.93. The van der Waals surface area contributed by atoms with Gasteiger partial charge < -0.3 is 9.47 Å². The molecule has 1 N–H and O–H groups in total. The number of esters is 2. The summed E-state index contributed by atoms with van der Waals surface area (Å²) >= 11 is 0. The van der Waals surface area contributed by atoms with Crippen molar-refractivity contribution in [3.8, 4) is 0 Å². The molecule has 0 saturated carbocycles. The average molecular weight is 371 g/mol. The summed E-state index contributed by atoms with van der Waals surface area (Å²) < 4.78 is 37.0. The predicted octanol–water partition coefficient (Wildman–Crippen LogP) is 2.36. The maximum absolute atomic E-state index is 12.6. The summed E-state index contributed by atoms with van der Waals surface area (Å²) in [6.45, 7) is 5.89. The van der Waals surface area contributed by atoms with E-state index in [0.717, 1.165) is 6.42 Å². The zero-order valence-corrected chi connectivity index (χ0v) is 16.0. The smallest absolute Gasteiger partial charge is 0.337 e. The molecule has 1 atom stereocenters. The van der Waals surface area contributed by atoms with Gasteiger partial charge in [-0.3, -0.25) is 0 Å². The van der Waals surface area contributed by atoms with Crippen molar-refractivity contribution in [3.63, 3.8) is 0 Å². The molecule has 0 unspecified atom stereocenters. The highest BCUT2D eigenvalue weighted by atomic mass is 32.2. The van der Waals surface area contributed by atoms with Gasteiger partial charge in [-0.1, -0.05) is 13.8 Å². The van der Waals surface area contributed by atoms with Gasteiger partial charge in [0, 0.05) is 6.04 Å². The van der Waals surface area contributed by atoms with E-state index in [2.05, 4.69) is 28.0 Å². The maximum Gasteiger partial charge on any atom is 0.337 e. The Labute approximate surface area is 148 Å². The van der Waals surface area contributed by atoms with Crippen molar-refractivity contribution in [1.29, 1.82) is 0 Å². The Morgan fingerprint density at radius 1 is 0.960 bits per heavy atom. The summed E-state index contributed by atoms with van der Waals surface area (Å²) in [6.07, 6.45) is 1.55. The van der Waals surface area contributed by atoms with Crippen molar-refractivity contribution in [2.75, 3.05) is 14.2 Å². The van der Waals surface area contributed by atoms with Crippen LogP contribution in [0, 0.1) is 5.92 Å². The summed E-state index contributed by atoms with van der Waals surface area (Å²) in [6, 6.07) is 3.31. The van der Waals surface area contributed by atoms with Gasteiger partial charge in [-0.25, -0.2) is 22.7 Å². The van der Waals surface area contributed by atoms with Crippen LogP contribution >= 0.6 is 0 Å². The molecule has 7 nitrogen and oxygen atoms in total. The molecule has 0 heterocycles. The van der Waals surface area contributed by atoms with Gasteiger partial charge in [0.25, 0.3) is 0 Å². The monoisotopic (exact) mass is 371 g/mol. The first-order chi connectivity index (χ1) is 11.6. The fraction of sp³-hybridized carbons (Fsp3) is 0.529. The fourth-order valence-electron chi connectivity index (χ4n) is 2.20. The van der Waals surface area contributed by atoms with Crippen molar-refractivity contribution in [3.05, 3.63) is 29.3 Å². The maximum atomic E-state index is 12.6. The largest absolute Gasteiger partial charge is 0.465 e. The molecule has 0 amide bonds. The molecule has 1 aromatic carbocycles. The molecule has 1 aromatic rings. The Kier molecular flexibility index (Phi) is 7.57. The molecule has 0 fully saturated rings. The Balaban J connectivity index is 3.20. The molecule has 1 rings (SSSR count). The van der Waals surface area contributed by atoms with Gasteiger partial charge in [-0.15, -0.1) is 0 Å². The quantitative estimate of drug-likeness (QED) is 0.704. The lowest BCUT2D eigenvalue weighted by molar-refractivity contribution is 0.0598. The van der Waals surface area contributed by atoms with Crippen LogP contribution < -0.4 is 4.72 Å². The third-order valence-electron chi connectivity index (χ3n) is 3.59. The van der Waals surface area contributed by atoms with E-state index >= 15 is 0 Å². The fourth-order valence-corrected chi connectivity index (χ4v) is 3.55. The molecule has 0 aliphatic carbocycles. The van der Waals surface area contributed by atoms with Gasteiger partial charge in [0.05, 0.1) is 30.2 Å². The summed E-state index contributed by atoms with van der Waals surface area (Å²) in [5.41, 5.74) is -0.0822. The van der Waals surface area contributed by atoms with E-state index in [1.807, 2.05) is 0 Å². The molecule has 0 bridgehead atoms. The minimum Gasteiger partial charge on any atom is -0.465 e. The minimum absolute atomic E-state index is 0.0411. The Bertz CT molecular complexity index is 692. The lowest BCUT2D eigenvalue weighted by Crippen LogP contribution is -2.33. The van der Waals surface area contributed by atoms with E-state index in [9.17, 15) is 18.0 Å². The molecule has 0 radical (unpaired) electrons. The van der Waals surface area contributed by atoms with Gasteiger partial charge in [0.2, 0.25) is 10.0 Å². The predicted molar refractivity (Wildman–Crippen MR) is 93.0 cm³/mol. The number of hydrogen-bond donors (Lipinski definition) is 1. The van der Waals surface area contributed by atoms with E-state index in [-0.39, 0.29) is 22.1 Å². The van der Waals surface area contributed by atoms with Crippen molar-refractivity contribution < 1.29 is 27.5 Å². The summed E-state index contributed by atoms with van der Waals surface area (Å²) in [7, 11) is -1.55. The van der Waals surface area contributed by atoms with Gasteiger partial charge in [-0.05, 0) is 43.9 Å². The number of hydrogen-bond acceptors (Lipinski definition) is 6. The molecule has 140 valence electrons. The highest BCUT2D eigenvalue weighted by Gasteiger charge is 2.22. The van der Waals surface area contributed by atoms with Crippen LogP contribution in [0.15, 0.2) is 23.1 Å². The van der Waals surface area contributed by atoms with Crippen LogP contribution in [0.2, 0.25) is 0 Å². The van der Waals surface area contributed by atoms with E-state index < -0.39 is 22.0 Å². The van der Waals surface area contributed by atoms with Gasteiger partial charge in [0.15, 0.2) is 0 Å². The average Bonchev–Trinajstić information content (AvgIpc) is 2.57. The molecular formula is C17H25NO6S. The highest BCUT2D eigenvalue weighted by Crippen LogP contribution is 2.18. The third kappa shape index (κ3) is 6.13. The number of methoxy groups -OCH3 is 2. The second-order valence-electron chi connectivity index (χ2n) is 6.22. The summed E-state index contributed by atoms with van der Waals surface area (Å²) in [5.74, 6) is -1.02. The first-order valence-electron chi connectivity index (χ1n) is 7.94. The number of sulfonamides is 1. The van der Waals surface area contributed by atoms with E-state index in [1.54, 1.807) is 6.92 Å². The second kappa shape index (κ2) is 8.96. The number of benzene rings is 1. The number of carbonyl (C=O) groups excluding carboxylic acids is 2. The van der Waals surface area contributed by atoms with Crippen LogP contribution in [0.5, 0.6) is 0 Å². The second-order valence-corrected chi connectivity index (χ2v) is 7.94. The number of nitrogens with one attached hydrogen (secondary N) is 1. The molecule has 0 aliphatic rings. The van der Waals surface area contributed by atoms with Crippen LogP contribution in [0.3, 0.4) is 0 Å². The molecule has 8 heteroatoms. The third-order valence-corrected chi connectivity index (χ3v) is 5.16. The van der Waals surface area contributed by atoms with Crippen molar-refractivity contribution >= 4 is 22.0 Å². The minimum atomic E-state index is -3.90. The first kappa shape index (κ1) is 21.1. The molecular weight excluding hydrogens is 346 g/mol. The zero-order chi connectivity index (χ0) is 19.2. The number of carbonyl (C=O) groups is 2. The highest BCUT2D eigenvalue weighted by molar-refractivity contribution is 7.89. The van der Waals surface area contributed by atoms with Crippen LogP contribution in [0.25, 0.3) is 0 Å². The topological polar surface area (TPSA) is 98.8 Å². The van der Waals surface area contributed by atoms with Crippen LogP contribution in [-0.2, 0) is 19.5 Å². The zero-order valence-electron chi connectivity index (χ0n) is 15.2. The Morgan fingerprint density at radius 2 is 1.44 bits per heavy atom. The van der Waals surface area contributed by atoms with Crippen molar-refractivity contribution in [2.45, 2.75) is 44.6 Å². The van der Waals surface area contributed by atoms with Crippen molar-refractivity contribution in [2.24, 2.45) is 5.92 Å². The molecule has 0 aliphatic heterocycles. The summed E-state index contributed by atoms with van der Waals surface area (Å²) in [5, 5.41) is 0. The van der Waals surface area contributed by atoms with Gasteiger partial charge in [0.1, 0.15) is 0 Å². The lowest BCUT2D eigenvalue weighted by atomic mass is 10.1. The van der Waals surface area contributed by atoms with E-state index in [0.29, 0.717) is 12.3 Å². The van der Waals surface area contributed by atoms with Gasteiger partial charge in [-0.2, -0.15) is 0 Å². The van der Waals surface area contributed by atoms with E-state index in [1.165, 1.54) is 32.4 Å². The van der Waals surface area contributed by atoms with Crippen LogP contribution in [-0.4, -0.2) is 40.6 Å². The standard InChI is InChI=1S/C17H25NO6S/c1-11(2)6-7-12(3)18-25(21,22)15-9-13(16(19)23-4)8-14(10-15)17(20)24-5/h8-12,18H,6-7H2,1-5H3/t12-/m0/s1. The lowest BCUT2D eigenvalue weighted by Gasteiger charge is -2.16. The van der Waals surface area contributed by atoms with Crippen LogP contribution in [0.1, 0.15) is 54.3 Å². The number of rotatable bonds is 8. The normalized spacial score (nSPS) is 12.7. The molecule has 25 heavy (non-hydrogen) atoms. The first-order valence-corrected chi connectivity index (χ1v) is 9.43. The van der Waals surface area contributed by atoms with Crippen LogP contribution in [0.4, 0.5) is 0 Å². The molecule has 0 aromatic heterocycles. The van der Waals surface area contributed by atoms with E-state index in [4.69, 9.17) is 0 Å².